The van der Waals surface area contributed by atoms with Crippen LogP contribution in [0.2, 0.25) is 0 Å². The molecule has 90 valence electrons. The Labute approximate surface area is 104 Å². The highest BCUT2D eigenvalue weighted by atomic mass is 19.1. The molecule has 0 spiro atoms. The van der Waals surface area contributed by atoms with E-state index in [1.165, 1.54) is 12.1 Å². The molecule has 0 aliphatic rings. The number of hydrogen-bond donors (Lipinski definition) is 1. The van der Waals surface area contributed by atoms with E-state index in [1.54, 1.807) is 19.2 Å². The zero-order valence-corrected chi connectivity index (χ0v) is 9.77. The molecule has 0 aromatic heterocycles. The van der Waals surface area contributed by atoms with Crippen molar-refractivity contribution in [2.75, 3.05) is 12.4 Å². The van der Waals surface area contributed by atoms with E-state index in [0.29, 0.717) is 11.4 Å². The highest BCUT2D eigenvalue weighted by molar-refractivity contribution is 5.62. The molecule has 0 saturated carbocycles. The summed E-state index contributed by atoms with van der Waals surface area (Å²) in [6, 6.07) is 13.3. The standard InChI is InChI=1S/C14H11FN2O/c1-18-14-4-2-3-12(8-14)17-13-6-10(9-16)5-11(15)7-13/h2-8,17H,1H3. The number of nitriles is 1. The van der Waals surface area contributed by atoms with E-state index < -0.39 is 5.82 Å². The molecule has 2 aromatic rings. The van der Waals surface area contributed by atoms with Crippen LogP contribution in [-0.4, -0.2) is 7.11 Å². The maximum absolute atomic E-state index is 13.2. The topological polar surface area (TPSA) is 45.0 Å². The molecule has 0 amide bonds. The largest absolute Gasteiger partial charge is 0.497 e. The SMILES string of the molecule is COc1cccc(Nc2cc(F)cc(C#N)c2)c1. The monoisotopic (exact) mass is 242 g/mol. The number of anilines is 2. The molecule has 0 saturated heterocycles. The van der Waals surface area contributed by atoms with Crippen molar-refractivity contribution in [3.63, 3.8) is 0 Å². The number of hydrogen-bond acceptors (Lipinski definition) is 3. The van der Waals surface area contributed by atoms with Crippen molar-refractivity contribution in [2.24, 2.45) is 0 Å². The fourth-order valence-corrected chi connectivity index (χ4v) is 1.59. The zero-order valence-electron chi connectivity index (χ0n) is 9.77. The van der Waals surface area contributed by atoms with Gasteiger partial charge in [0, 0.05) is 17.4 Å². The number of nitrogens with zero attached hydrogens (tertiary/aromatic N) is 1. The molecule has 0 atom stereocenters. The van der Waals surface area contributed by atoms with Crippen LogP contribution >= 0.6 is 0 Å². The lowest BCUT2D eigenvalue weighted by Crippen LogP contribution is -1.93. The Morgan fingerprint density at radius 1 is 1.17 bits per heavy atom. The maximum Gasteiger partial charge on any atom is 0.126 e. The predicted octanol–water partition coefficient (Wildman–Crippen LogP) is 3.45. The summed E-state index contributed by atoms with van der Waals surface area (Å²) in [6.07, 6.45) is 0. The first-order valence-electron chi connectivity index (χ1n) is 5.33. The van der Waals surface area contributed by atoms with Crippen LogP contribution in [0, 0.1) is 17.1 Å². The van der Waals surface area contributed by atoms with Crippen LogP contribution in [0.1, 0.15) is 5.56 Å². The van der Waals surface area contributed by atoms with Crippen LogP contribution in [0.4, 0.5) is 15.8 Å². The fourth-order valence-electron chi connectivity index (χ4n) is 1.59. The summed E-state index contributed by atoms with van der Waals surface area (Å²) in [6.45, 7) is 0. The molecule has 0 heterocycles. The summed E-state index contributed by atoms with van der Waals surface area (Å²) < 4.78 is 18.3. The number of benzene rings is 2. The summed E-state index contributed by atoms with van der Waals surface area (Å²) in [4.78, 5) is 0. The van der Waals surface area contributed by atoms with Crippen molar-refractivity contribution in [1.82, 2.24) is 0 Å². The Bertz CT molecular complexity index is 605. The first kappa shape index (κ1) is 11.9. The van der Waals surface area contributed by atoms with Gasteiger partial charge in [0.05, 0.1) is 18.7 Å². The van der Waals surface area contributed by atoms with Crippen LogP contribution in [0.5, 0.6) is 5.75 Å². The number of methoxy groups -OCH3 is 1. The lowest BCUT2D eigenvalue weighted by molar-refractivity contribution is 0.415. The van der Waals surface area contributed by atoms with Gasteiger partial charge in [0.25, 0.3) is 0 Å². The average molecular weight is 242 g/mol. The van der Waals surface area contributed by atoms with E-state index in [2.05, 4.69) is 5.32 Å². The molecule has 2 rings (SSSR count). The van der Waals surface area contributed by atoms with Crippen LogP contribution in [-0.2, 0) is 0 Å². The van der Waals surface area contributed by atoms with E-state index in [1.807, 2.05) is 24.3 Å². The van der Waals surface area contributed by atoms with E-state index in [9.17, 15) is 4.39 Å². The third-order valence-corrected chi connectivity index (χ3v) is 2.39. The van der Waals surface area contributed by atoms with E-state index in [0.717, 1.165) is 5.69 Å². The normalized spacial score (nSPS) is 9.61. The Balaban J connectivity index is 2.28. The summed E-state index contributed by atoms with van der Waals surface area (Å²) >= 11 is 0. The number of nitrogens with one attached hydrogen (secondary N) is 1. The quantitative estimate of drug-likeness (QED) is 0.896. The number of ether oxygens (including phenoxy) is 1. The lowest BCUT2D eigenvalue weighted by Gasteiger charge is -2.08. The van der Waals surface area contributed by atoms with Gasteiger partial charge in [0.1, 0.15) is 11.6 Å². The van der Waals surface area contributed by atoms with E-state index in [4.69, 9.17) is 10.00 Å². The molecule has 0 bridgehead atoms. The van der Waals surface area contributed by atoms with Crippen LogP contribution in [0.3, 0.4) is 0 Å². The zero-order chi connectivity index (χ0) is 13.0. The highest BCUT2D eigenvalue weighted by Crippen LogP contribution is 2.22. The molecule has 0 radical (unpaired) electrons. The van der Waals surface area contributed by atoms with Crippen molar-refractivity contribution in [3.05, 3.63) is 53.8 Å². The Hall–Kier alpha value is -2.54. The van der Waals surface area contributed by atoms with Gasteiger partial charge < -0.3 is 10.1 Å². The van der Waals surface area contributed by atoms with Crippen molar-refractivity contribution in [1.29, 1.82) is 5.26 Å². The second-order valence-electron chi connectivity index (χ2n) is 3.70. The molecule has 0 aliphatic carbocycles. The van der Waals surface area contributed by atoms with Crippen molar-refractivity contribution < 1.29 is 9.13 Å². The van der Waals surface area contributed by atoms with Gasteiger partial charge >= 0.3 is 0 Å². The molecule has 0 unspecified atom stereocenters. The Morgan fingerprint density at radius 3 is 2.72 bits per heavy atom. The van der Waals surface area contributed by atoms with Crippen molar-refractivity contribution in [3.8, 4) is 11.8 Å². The minimum atomic E-state index is -0.445. The van der Waals surface area contributed by atoms with E-state index >= 15 is 0 Å². The van der Waals surface area contributed by atoms with Gasteiger partial charge in [-0.1, -0.05) is 6.07 Å². The smallest absolute Gasteiger partial charge is 0.126 e. The van der Waals surface area contributed by atoms with Gasteiger partial charge in [-0.2, -0.15) is 5.26 Å². The lowest BCUT2D eigenvalue weighted by atomic mass is 10.2. The van der Waals surface area contributed by atoms with E-state index in [-0.39, 0.29) is 5.56 Å². The first-order chi connectivity index (χ1) is 8.71. The first-order valence-corrected chi connectivity index (χ1v) is 5.33. The minimum Gasteiger partial charge on any atom is -0.497 e. The summed E-state index contributed by atoms with van der Waals surface area (Å²) in [5.74, 6) is 0.261. The number of halogens is 1. The Kier molecular flexibility index (Phi) is 3.44. The average Bonchev–Trinajstić information content (AvgIpc) is 2.38. The molecule has 4 heteroatoms. The minimum absolute atomic E-state index is 0.278. The Morgan fingerprint density at radius 2 is 2.00 bits per heavy atom. The van der Waals surface area contributed by atoms with Gasteiger partial charge in [-0.15, -0.1) is 0 Å². The third-order valence-electron chi connectivity index (χ3n) is 2.39. The predicted molar refractivity (Wildman–Crippen MR) is 67.4 cm³/mol. The molecular formula is C14H11FN2O. The molecule has 1 N–H and O–H groups in total. The summed E-state index contributed by atoms with van der Waals surface area (Å²) in [5.41, 5.74) is 1.57. The molecule has 2 aromatic carbocycles. The van der Waals surface area contributed by atoms with Crippen LogP contribution in [0.15, 0.2) is 42.5 Å². The maximum atomic E-state index is 13.2. The van der Waals surface area contributed by atoms with Gasteiger partial charge in [0.2, 0.25) is 0 Å². The van der Waals surface area contributed by atoms with Gasteiger partial charge in [0.15, 0.2) is 0 Å². The second-order valence-corrected chi connectivity index (χ2v) is 3.70. The number of rotatable bonds is 3. The van der Waals surface area contributed by atoms with Crippen LogP contribution < -0.4 is 10.1 Å². The highest BCUT2D eigenvalue weighted by Gasteiger charge is 2.01. The molecular weight excluding hydrogens is 231 g/mol. The van der Waals surface area contributed by atoms with Gasteiger partial charge in [-0.25, -0.2) is 4.39 Å². The third kappa shape index (κ3) is 2.77. The molecule has 0 fully saturated rings. The summed E-state index contributed by atoms with van der Waals surface area (Å²) in [5, 5.41) is 11.8. The van der Waals surface area contributed by atoms with Crippen molar-refractivity contribution in [2.45, 2.75) is 0 Å². The van der Waals surface area contributed by atoms with Gasteiger partial charge in [-0.05, 0) is 30.3 Å². The molecule has 18 heavy (non-hydrogen) atoms. The van der Waals surface area contributed by atoms with Crippen LogP contribution in [0.25, 0.3) is 0 Å². The summed E-state index contributed by atoms with van der Waals surface area (Å²) in [7, 11) is 1.58. The fraction of sp³-hybridized carbons (Fsp3) is 0.0714. The van der Waals surface area contributed by atoms with Crippen molar-refractivity contribution >= 4 is 11.4 Å². The second kappa shape index (κ2) is 5.19. The molecule has 0 aliphatic heterocycles. The molecule has 3 nitrogen and oxygen atoms in total. The van der Waals surface area contributed by atoms with Gasteiger partial charge in [-0.3, -0.25) is 0 Å².